The first-order chi connectivity index (χ1) is 9.58. The zero-order valence-electron chi connectivity index (χ0n) is 12.4. The summed E-state index contributed by atoms with van der Waals surface area (Å²) in [5.41, 5.74) is 1.39. The number of hydrogen-bond donors (Lipinski definition) is 1. The average molecular weight is 275 g/mol. The number of nitrogens with one attached hydrogen (secondary N) is 1. The van der Waals surface area contributed by atoms with Crippen molar-refractivity contribution >= 4 is 16.5 Å². The van der Waals surface area contributed by atoms with Gasteiger partial charge >= 0.3 is 0 Å². The molecule has 1 aromatic carbocycles. The molecule has 108 valence electrons. The van der Waals surface area contributed by atoms with Crippen molar-refractivity contribution in [2.75, 3.05) is 13.1 Å². The first-order valence-electron chi connectivity index (χ1n) is 7.14. The van der Waals surface area contributed by atoms with E-state index in [-0.39, 0.29) is 5.82 Å². The lowest BCUT2D eigenvalue weighted by Crippen LogP contribution is -2.20. The van der Waals surface area contributed by atoms with Crippen molar-refractivity contribution in [2.24, 2.45) is 5.92 Å². The average Bonchev–Trinajstić information content (AvgIpc) is 2.83. The van der Waals surface area contributed by atoms with Gasteiger partial charge in [0.25, 0.3) is 0 Å². The second kappa shape index (κ2) is 6.71. The molecule has 0 atom stereocenters. The van der Waals surface area contributed by atoms with Gasteiger partial charge in [-0.1, -0.05) is 32.1 Å². The van der Waals surface area contributed by atoms with E-state index in [9.17, 15) is 4.39 Å². The summed E-state index contributed by atoms with van der Waals surface area (Å²) in [7, 11) is 0. The molecular formula is C17H22FNO. The summed E-state index contributed by atoms with van der Waals surface area (Å²) in [6, 6.07) is 6.88. The summed E-state index contributed by atoms with van der Waals surface area (Å²) in [5.74, 6) is 1.10. The van der Waals surface area contributed by atoms with E-state index in [1.807, 2.05) is 19.1 Å². The van der Waals surface area contributed by atoms with Crippen LogP contribution >= 0.6 is 0 Å². The maximum atomic E-state index is 13.6. The zero-order chi connectivity index (χ0) is 14.5. The summed E-state index contributed by atoms with van der Waals surface area (Å²) >= 11 is 0. The van der Waals surface area contributed by atoms with Gasteiger partial charge in [-0.05, 0) is 50.1 Å². The Bertz CT molecular complexity index is 598. The lowest BCUT2D eigenvalue weighted by Gasteiger charge is -2.05. The highest BCUT2D eigenvalue weighted by Crippen LogP contribution is 2.26. The molecule has 20 heavy (non-hydrogen) atoms. The van der Waals surface area contributed by atoms with Crippen molar-refractivity contribution in [3.05, 3.63) is 41.9 Å². The van der Waals surface area contributed by atoms with Gasteiger partial charge < -0.3 is 9.73 Å². The van der Waals surface area contributed by atoms with Gasteiger partial charge in [-0.2, -0.15) is 0 Å². The van der Waals surface area contributed by atoms with Crippen LogP contribution in [0, 0.1) is 11.7 Å². The minimum absolute atomic E-state index is 0.305. The molecule has 0 saturated carbocycles. The molecule has 1 heterocycles. The molecule has 0 aliphatic heterocycles. The van der Waals surface area contributed by atoms with Crippen LogP contribution in [0.4, 0.5) is 4.39 Å². The minimum atomic E-state index is -0.305. The molecule has 2 rings (SSSR count). The third kappa shape index (κ3) is 3.70. The monoisotopic (exact) mass is 275 g/mol. The van der Waals surface area contributed by atoms with E-state index in [1.54, 1.807) is 6.07 Å². The Kier molecular flexibility index (Phi) is 4.96. The van der Waals surface area contributed by atoms with Crippen molar-refractivity contribution in [3.8, 4) is 0 Å². The highest BCUT2D eigenvalue weighted by Gasteiger charge is 2.08. The quantitative estimate of drug-likeness (QED) is 0.779. The number of rotatable bonds is 6. The summed E-state index contributed by atoms with van der Waals surface area (Å²) < 4.78 is 19.2. The van der Waals surface area contributed by atoms with Crippen molar-refractivity contribution in [2.45, 2.75) is 27.2 Å². The predicted molar refractivity (Wildman–Crippen MR) is 82.1 cm³/mol. The highest BCUT2D eigenvalue weighted by molar-refractivity contribution is 5.82. The van der Waals surface area contributed by atoms with Gasteiger partial charge in [0.1, 0.15) is 5.76 Å². The van der Waals surface area contributed by atoms with Crippen LogP contribution in [-0.4, -0.2) is 13.1 Å². The summed E-state index contributed by atoms with van der Waals surface area (Å²) in [4.78, 5) is 0. The van der Waals surface area contributed by atoms with Crippen LogP contribution < -0.4 is 5.32 Å². The van der Waals surface area contributed by atoms with Crippen LogP contribution in [0.25, 0.3) is 16.5 Å². The molecule has 0 bridgehead atoms. The Morgan fingerprint density at radius 1 is 1.40 bits per heavy atom. The third-order valence-corrected chi connectivity index (χ3v) is 3.21. The second-order valence-corrected chi connectivity index (χ2v) is 5.54. The van der Waals surface area contributed by atoms with Crippen LogP contribution in [0.3, 0.4) is 0 Å². The fraction of sp³-hybridized carbons (Fsp3) is 0.412. The molecule has 0 saturated heterocycles. The molecule has 0 fully saturated rings. The van der Waals surface area contributed by atoms with Crippen LogP contribution in [0.15, 0.2) is 34.8 Å². The molecule has 2 nitrogen and oxygen atoms in total. The minimum Gasteiger partial charge on any atom is -0.453 e. The summed E-state index contributed by atoms with van der Waals surface area (Å²) in [5, 5.41) is 4.20. The van der Waals surface area contributed by atoms with Gasteiger partial charge in [0, 0.05) is 5.39 Å². The maximum Gasteiger partial charge on any atom is 0.170 e. The van der Waals surface area contributed by atoms with Gasteiger partial charge in [-0.15, -0.1) is 0 Å². The van der Waals surface area contributed by atoms with Gasteiger partial charge in [0.05, 0.1) is 0 Å². The van der Waals surface area contributed by atoms with E-state index in [1.165, 1.54) is 6.07 Å². The molecule has 1 aromatic heterocycles. The normalized spacial score (nSPS) is 12.6. The molecule has 0 amide bonds. The van der Waals surface area contributed by atoms with Crippen LogP contribution in [0.1, 0.15) is 33.0 Å². The molecule has 1 N–H and O–H groups in total. The van der Waals surface area contributed by atoms with E-state index in [4.69, 9.17) is 4.42 Å². The number of furan rings is 1. The molecule has 2 aromatic rings. The van der Waals surface area contributed by atoms with E-state index in [0.29, 0.717) is 11.5 Å². The fourth-order valence-corrected chi connectivity index (χ4v) is 2.10. The molecule has 0 aliphatic carbocycles. The lowest BCUT2D eigenvalue weighted by atomic mass is 10.1. The predicted octanol–water partition coefficient (Wildman–Crippen LogP) is 4.61. The topological polar surface area (TPSA) is 25.2 Å². The molecule has 0 unspecified atom stereocenters. The van der Waals surface area contributed by atoms with E-state index in [0.717, 1.165) is 36.2 Å². The van der Waals surface area contributed by atoms with Gasteiger partial charge in [-0.25, -0.2) is 4.39 Å². The summed E-state index contributed by atoms with van der Waals surface area (Å²) in [6.07, 6.45) is 3.07. The van der Waals surface area contributed by atoms with Crippen molar-refractivity contribution in [3.63, 3.8) is 0 Å². The van der Waals surface area contributed by atoms with Crippen molar-refractivity contribution in [1.29, 1.82) is 0 Å². The second-order valence-electron chi connectivity index (χ2n) is 5.54. The highest BCUT2D eigenvalue weighted by atomic mass is 19.1. The summed E-state index contributed by atoms with van der Waals surface area (Å²) in [6.45, 7) is 8.36. The molecular weight excluding hydrogens is 253 g/mol. The number of para-hydroxylation sites is 1. The maximum absolute atomic E-state index is 13.6. The molecule has 3 heteroatoms. The zero-order valence-corrected chi connectivity index (χ0v) is 12.4. The first kappa shape index (κ1) is 14.8. The van der Waals surface area contributed by atoms with Gasteiger partial charge in [-0.3, -0.25) is 0 Å². The van der Waals surface area contributed by atoms with E-state index < -0.39 is 0 Å². The van der Waals surface area contributed by atoms with E-state index in [2.05, 4.69) is 25.2 Å². The first-order valence-corrected chi connectivity index (χ1v) is 7.14. The van der Waals surface area contributed by atoms with Crippen LogP contribution in [-0.2, 0) is 0 Å². The molecule has 0 aliphatic rings. The van der Waals surface area contributed by atoms with Crippen LogP contribution in [0.2, 0.25) is 0 Å². The number of benzene rings is 1. The number of hydrogen-bond acceptors (Lipinski definition) is 2. The molecule has 0 spiro atoms. The van der Waals surface area contributed by atoms with Crippen LogP contribution in [0.5, 0.6) is 0 Å². The number of fused-ring (bicyclic) bond motifs is 1. The number of halogens is 1. The Morgan fingerprint density at radius 2 is 2.20 bits per heavy atom. The Balaban J connectivity index is 2.00. The fourth-order valence-electron chi connectivity index (χ4n) is 2.10. The van der Waals surface area contributed by atoms with E-state index >= 15 is 0 Å². The Hall–Kier alpha value is -1.61. The van der Waals surface area contributed by atoms with Crippen molar-refractivity contribution < 1.29 is 8.81 Å². The third-order valence-electron chi connectivity index (χ3n) is 3.21. The smallest absolute Gasteiger partial charge is 0.170 e. The van der Waals surface area contributed by atoms with Gasteiger partial charge in [0.2, 0.25) is 0 Å². The number of allylic oxidation sites excluding steroid dienone is 1. The largest absolute Gasteiger partial charge is 0.453 e. The van der Waals surface area contributed by atoms with Gasteiger partial charge in [0.15, 0.2) is 11.4 Å². The Labute approximate surface area is 119 Å². The standard InChI is InChI=1S/C17H22FNO/c1-12(2)11-19-9-5-6-13(3)16-10-14-7-4-8-15(18)17(14)20-16/h4,6-8,10,12,19H,5,9,11H2,1-3H3/b13-6-. The Morgan fingerprint density at radius 3 is 2.90 bits per heavy atom. The lowest BCUT2D eigenvalue weighted by molar-refractivity contribution is 0.549. The SMILES string of the molecule is C/C(=C/CCNCC(C)C)c1cc2cccc(F)c2o1. The molecule has 0 radical (unpaired) electrons. The van der Waals surface area contributed by atoms with Crippen molar-refractivity contribution in [1.82, 2.24) is 5.32 Å².